The fraction of sp³-hybridized carbons (Fsp3) is 0.900. The summed E-state index contributed by atoms with van der Waals surface area (Å²) in [6.45, 7) is 2.23. The Morgan fingerprint density at radius 1 is 1.67 bits per heavy atom. The molecule has 1 spiro atoms. The SMILES string of the molecule is CCC1CCCC2(C1)OC2C#N. The Labute approximate surface area is 73.5 Å². The zero-order chi connectivity index (χ0) is 8.60. The van der Waals surface area contributed by atoms with E-state index >= 15 is 0 Å². The molecule has 0 bridgehead atoms. The molecule has 0 radical (unpaired) electrons. The second kappa shape index (κ2) is 2.74. The Balaban J connectivity index is 1.97. The minimum absolute atomic E-state index is 0.00762. The maximum absolute atomic E-state index is 8.71. The van der Waals surface area contributed by atoms with E-state index in [4.69, 9.17) is 10.00 Å². The van der Waals surface area contributed by atoms with Crippen LogP contribution in [-0.2, 0) is 4.74 Å². The number of ether oxygens (including phenoxy) is 1. The number of nitriles is 1. The third-order valence-electron chi connectivity index (χ3n) is 3.31. The largest absolute Gasteiger partial charge is 0.350 e. The van der Waals surface area contributed by atoms with E-state index < -0.39 is 0 Å². The highest BCUT2D eigenvalue weighted by Gasteiger charge is 2.58. The number of epoxide rings is 1. The molecule has 0 aromatic carbocycles. The molecular formula is C10H15NO. The molecule has 1 heterocycles. The van der Waals surface area contributed by atoms with Gasteiger partial charge in [0.2, 0.25) is 0 Å². The fourth-order valence-corrected chi connectivity index (χ4v) is 2.42. The summed E-state index contributed by atoms with van der Waals surface area (Å²) < 4.78 is 5.47. The first-order chi connectivity index (χ1) is 5.80. The van der Waals surface area contributed by atoms with E-state index in [0.717, 1.165) is 18.8 Å². The summed E-state index contributed by atoms with van der Waals surface area (Å²) in [5.41, 5.74) is 0.00762. The number of hydrogen-bond acceptors (Lipinski definition) is 2. The molecule has 0 aromatic heterocycles. The van der Waals surface area contributed by atoms with Gasteiger partial charge in [0.1, 0.15) is 5.60 Å². The summed E-state index contributed by atoms with van der Waals surface area (Å²) in [5, 5.41) is 8.71. The van der Waals surface area contributed by atoms with E-state index in [2.05, 4.69) is 13.0 Å². The lowest BCUT2D eigenvalue weighted by Crippen LogP contribution is -2.24. The van der Waals surface area contributed by atoms with Crippen LogP contribution in [0.15, 0.2) is 0 Å². The monoisotopic (exact) mass is 165 g/mol. The van der Waals surface area contributed by atoms with Crippen LogP contribution >= 0.6 is 0 Å². The van der Waals surface area contributed by atoms with Gasteiger partial charge in [0.25, 0.3) is 0 Å². The molecule has 2 rings (SSSR count). The van der Waals surface area contributed by atoms with Crippen molar-refractivity contribution in [3.8, 4) is 6.07 Å². The molecular weight excluding hydrogens is 150 g/mol. The third kappa shape index (κ3) is 1.13. The van der Waals surface area contributed by atoms with E-state index in [0.29, 0.717) is 0 Å². The van der Waals surface area contributed by atoms with E-state index in [9.17, 15) is 0 Å². The van der Waals surface area contributed by atoms with Crippen LogP contribution in [0.25, 0.3) is 0 Å². The van der Waals surface area contributed by atoms with E-state index in [-0.39, 0.29) is 11.7 Å². The number of nitrogens with zero attached hydrogens (tertiary/aromatic N) is 1. The number of rotatable bonds is 1. The van der Waals surface area contributed by atoms with Gasteiger partial charge in [-0.15, -0.1) is 0 Å². The van der Waals surface area contributed by atoms with E-state index in [1.807, 2.05) is 0 Å². The van der Waals surface area contributed by atoms with Crippen molar-refractivity contribution in [3.05, 3.63) is 0 Å². The van der Waals surface area contributed by atoms with Gasteiger partial charge in [0.15, 0.2) is 6.10 Å². The van der Waals surface area contributed by atoms with Crippen molar-refractivity contribution in [3.63, 3.8) is 0 Å². The van der Waals surface area contributed by atoms with Gasteiger partial charge in [-0.1, -0.05) is 26.2 Å². The molecule has 0 amide bonds. The van der Waals surface area contributed by atoms with E-state index in [1.54, 1.807) is 0 Å². The highest BCUT2D eigenvalue weighted by Crippen LogP contribution is 2.50. The minimum Gasteiger partial charge on any atom is -0.350 e. The highest BCUT2D eigenvalue weighted by atomic mass is 16.6. The van der Waals surface area contributed by atoms with E-state index in [1.165, 1.54) is 19.3 Å². The van der Waals surface area contributed by atoms with Crippen LogP contribution in [0.5, 0.6) is 0 Å². The average Bonchev–Trinajstić information content (AvgIpc) is 2.78. The quantitative estimate of drug-likeness (QED) is 0.559. The van der Waals surface area contributed by atoms with Crippen LogP contribution in [0.3, 0.4) is 0 Å². The summed E-state index contributed by atoms with van der Waals surface area (Å²) in [4.78, 5) is 0. The fourth-order valence-electron chi connectivity index (χ4n) is 2.42. The first-order valence-electron chi connectivity index (χ1n) is 4.88. The van der Waals surface area contributed by atoms with Crippen LogP contribution < -0.4 is 0 Å². The summed E-state index contributed by atoms with van der Waals surface area (Å²) >= 11 is 0. The van der Waals surface area contributed by atoms with Crippen molar-refractivity contribution >= 4 is 0 Å². The Morgan fingerprint density at radius 2 is 2.50 bits per heavy atom. The summed E-state index contributed by atoms with van der Waals surface area (Å²) in [5.74, 6) is 0.803. The van der Waals surface area contributed by atoms with Crippen molar-refractivity contribution in [2.45, 2.75) is 50.7 Å². The Kier molecular flexibility index (Phi) is 1.84. The normalized spacial score (nSPS) is 45.7. The maximum atomic E-state index is 8.71. The average molecular weight is 165 g/mol. The molecule has 2 heteroatoms. The Hall–Kier alpha value is -0.550. The molecule has 0 aromatic rings. The maximum Gasteiger partial charge on any atom is 0.173 e. The van der Waals surface area contributed by atoms with Crippen LogP contribution in [-0.4, -0.2) is 11.7 Å². The predicted molar refractivity (Wildman–Crippen MR) is 45.5 cm³/mol. The van der Waals surface area contributed by atoms with Crippen molar-refractivity contribution in [2.24, 2.45) is 5.92 Å². The molecule has 3 atom stereocenters. The summed E-state index contributed by atoms with van der Waals surface area (Å²) in [6, 6.07) is 2.22. The lowest BCUT2D eigenvalue weighted by Gasteiger charge is -2.25. The van der Waals surface area contributed by atoms with Crippen LogP contribution in [0.1, 0.15) is 39.0 Å². The smallest absolute Gasteiger partial charge is 0.173 e. The molecule has 1 saturated heterocycles. The molecule has 2 aliphatic rings. The number of hydrogen-bond donors (Lipinski definition) is 0. The minimum atomic E-state index is -0.0770. The molecule has 1 aliphatic heterocycles. The molecule has 1 saturated carbocycles. The predicted octanol–water partition coefficient (Wildman–Crippen LogP) is 2.25. The van der Waals surface area contributed by atoms with Gasteiger partial charge >= 0.3 is 0 Å². The van der Waals surface area contributed by atoms with Gasteiger partial charge < -0.3 is 4.74 Å². The first-order valence-corrected chi connectivity index (χ1v) is 4.88. The van der Waals surface area contributed by atoms with Gasteiger partial charge in [0, 0.05) is 0 Å². The topological polar surface area (TPSA) is 36.3 Å². The second-order valence-electron chi connectivity index (χ2n) is 4.06. The van der Waals surface area contributed by atoms with Crippen molar-refractivity contribution < 1.29 is 4.74 Å². The summed E-state index contributed by atoms with van der Waals surface area (Å²) in [6.07, 6.45) is 5.98. The molecule has 2 nitrogen and oxygen atoms in total. The third-order valence-corrected chi connectivity index (χ3v) is 3.31. The lowest BCUT2D eigenvalue weighted by molar-refractivity contribution is 0.187. The van der Waals surface area contributed by atoms with Crippen molar-refractivity contribution in [1.29, 1.82) is 5.26 Å². The second-order valence-corrected chi connectivity index (χ2v) is 4.06. The Bertz CT molecular complexity index is 220. The van der Waals surface area contributed by atoms with Crippen LogP contribution in [0, 0.1) is 17.2 Å². The highest BCUT2D eigenvalue weighted by molar-refractivity contribution is 5.15. The lowest BCUT2D eigenvalue weighted by atomic mass is 9.78. The van der Waals surface area contributed by atoms with Gasteiger partial charge in [-0.05, 0) is 18.8 Å². The molecule has 66 valence electrons. The molecule has 12 heavy (non-hydrogen) atoms. The van der Waals surface area contributed by atoms with Gasteiger partial charge in [-0.3, -0.25) is 0 Å². The van der Waals surface area contributed by atoms with Gasteiger partial charge in [-0.25, -0.2) is 0 Å². The zero-order valence-corrected chi connectivity index (χ0v) is 7.55. The van der Waals surface area contributed by atoms with Crippen LogP contribution in [0.2, 0.25) is 0 Å². The molecule has 1 aliphatic carbocycles. The Morgan fingerprint density at radius 3 is 3.08 bits per heavy atom. The van der Waals surface area contributed by atoms with Crippen molar-refractivity contribution in [2.75, 3.05) is 0 Å². The van der Waals surface area contributed by atoms with Gasteiger partial charge in [0.05, 0.1) is 6.07 Å². The molecule has 2 fully saturated rings. The molecule has 0 N–H and O–H groups in total. The summed E-state index contributed by atoms with van der Waals surface area (Å²) in [7, 11) is 0. The first kappa shape index (κ1) is 8.07. The molecule has 3 unspecified atom stereocenters. The van der Waals surface area contributed by atoms with Crippen molar-refractivity contribution in [1.82, 2.24) is 0 Å². The van der Waals surface area contributed by atoms with Crippen LogP contribution in [0.4, 0.5) is 0 Å². The zero-order valence-electron chi connectivity index (χ0n) is 7.55. The standard InChI is InChI=1S/C10H15NO/c1-2-8-4-3-5-10(6-8)9(7-11)12-10/h8-9H,2-6H2,1H3. The van der Waals surface area contributed by atoms with Gasteiger partial charge in [-0.2, -0.15) is 5.26 Å².